The van der Waals surface area contributed by atoms with Gasteiger partial charge in [0.2, 0.25) is 5.78 Å². The van der Waals surface area contributed by atoms with Crippen molar-refractivity contribution in [2.24, 2.45) is 0 Å². The lowest BCUT2D eigenvalue weighted by Gasteiger charge is -2.00. The molecule has 4 heteroatoms. The van der Waals surface area contributed by atoms with Gasteiger partial charge in [0.1, 0.15) is 17.4 Å². The Balaban J connectivity index is 2.28. The maximum Gasteiger partial charge on any atom is 0.204 e. The molecule has 1 aromatic heterocycles. The summed E-state index contributed by atoms with van der Waals surface area (Å²) in [7, 11) is 1.59. The van der Waals surface area contributed by atoms with Gasteiger partial charge in [0.25, 0.3) is 0 Å². The maximum absolute atomic E-state index is 12.1. The number of Topliss-reactive ketones (excluding diaryl/α,β-unsaturated/α-hetero) is 1. The maximum atomic E-state index is 12.1. The van der Waals surface area contributed by atoms with Crippen LogP contribution in [0.4, 0.5) is 0 Å². The predicted octanol–water partition coefficient (Wildman–Crippen LogP) is 3.55. The molecule has 0 aliphatic carbocycles. The van der Waals surface area contributed by atoms with E-state index < -0.39 is 0 Å². The van der Waals surface area contributed by atoms with Crippen molar-refractivity contribution in [1.29, 1.82) is 5.26 Å². The molecule has 1 heterocycles. The molecule has 0 spiro atoms. The minimum Gasteiger partial charge on any atom is -0.497 e. The normalized spacial score (nSPS) is 10.8. The van der Waals surface area contributed by atoms with Gasteiger partial charge in [0.05, 0.1) is 7.11 Å². The van der Waals surface area contributed by atoms with E-state index in [1.54, 1.807) is 48.9 Å². The summed E-state index contributed by atoms with van der Waals surface area (Å²) in [5.74, 6) is 0.486. The lowest BCUT2D eigenvalue weighted by Crippen LogP contribution is -1.99. The summed E-state index contributed by atoms with van der Waals surface area (Å²) in [6, 6.07) is 10.8. The highest BCUT2D eigenvalue weighted by Crippen LogP contribution is 2.17. The zero-order valence-electron chi connectivity index (χ0n) is 10.3. The van der Waals surface area contributed by atoms with Gasteiger partial charge in [-0.1, -0.05) is 12.1 Å². The molecule has 0 atom stereocenters. The van der Waals surface area contributed by atoms with Crippen LogP contribution in [0.3, 0.4) is 0 Å². The van der Waals surface area contributed by atoms with Gasteiger partial charge in [0, 0.05) is 10.9 Å². The number of benzene rings is 1. The summed E-state index contributed by atoms with van der Waals surface area (Å²) in [6.45, 7) is 0. The second kappa shape index (κ2) is 5.98. The summed E-state index contributed by atoms with van der Waals surface area (Å²) < 4.78 is 5.06. The fourth-order valence-electron chi connectivity index (χ4n) is 1.56. The minimum absolute atomic E-state index is 0.128. The first-order chi connectivity index (χ1) is 9.24. The summed E-state index contributed by atoms with van der Waals surface area (Å²) >= 11 is 1.43. The molecule has 3 nitrogen and oxygen atoms in total. The van der Waals surface area contributed by atoms with Crippen LogP contribution in [0.1, 0.15) is 15.9 Å². The van der Waals surface area contributed by atoms with E-state index in [1.807, 2.05) is 11.4 Å². The van der Waals surface area contributed by atoms with Crippen molar-refractivity contribution < 1.29 is 9.53 Å². The predicted molar refractivity (Wildman–Crippen MR) is 75.2 cm³/mol. The number of carbonyl (C=O) groups is 1. The molecule has 1 aromatic carbocycles. The summed E-state index contributed by atoms with van der Waals surface area (Å²) in [5.41, 5.74) is 1.47. The highest BCUT2D eigenvalue weighted by atomic mass is 32.1. The topological polar surface area (TPSA) is 50.1 Å². The monoisotopic (exact) mass is 269 g/mol. The van der Waals surface area contributed by atoms with E-state index in [9.17, 15) is 4.79 Å². The Hall–Kier alpha value is -2.38. The fourth-order valence-corrected chi connectivity index (χ4v) is 2.20. The molecule has 0 unspecified atom stereocenters. The molecular weight excluding hydrogens is 258 g/mol. The van der Waals surface area contributed by atoms with Crippen molar-refractivity contribution in [2.45, 2.75) is 0 Å². The summed E-state index contributed by atoms with van der Waals surface area (Å²) in [4.78, 5) is 12.1. The molecule has 0 N–H and O–H groups in total. The Kier molecular flexibility index (Phi) is 4.11. The van der Waals surface area contributed by atoms with Gasteiger partial charge >= 0.3 is 0 Å². The van der Waals surface area contributed by atoms with Gasteiger partial charge in [-0.05, 0) is 35.2 Å². The summed E-state index contributed by atoms with van der Waals surface area (Å²) in [6.07, 6.45) is 1.58. The molecule has 0 radical (unpaired) electrons. The third-order valence-electron chi connectivity index (χ3n) is 2.58. The van der Waals surface area contributed by atoms with Crippen LogP contribution in [0.2, 0.25) is 0 Å². The number of thiophene rings is 1. The highest BCUT2D eigenvalue weighted by Gasteiger charge is 2.12. The Bertz CT molecular complexity index is 634. The van der Waals surface area contributed by atoms with Crippen molar-refractivity contribution in [3.8, 4) is 11.8 Å². The number of rotatable bonds is 4. The van der Waals surface area contributed by atoms with Crippen LogP contribution in [-0.2, 0) is 0 Å². The first-order valence-corrected chi connectivity index (χ1v) is 6.51. The van der Waals surface area contributed by atoms with Crippen LogP contribution < -0.4 is 4.74 Å². The number of carbonyl (C=O) groups excluding carboxylic acids is 1. The lowest BCUT2D eigenvalue weighted by atomic mass is 10.0. The average Bonchev–Trinajstić information content (AvgIpc) is 2.99. The molecule has 0 fully saturated rings. The van der Waals surface area contributed by atoms with Crippen LogP contribution in [0, 0.1) is 11.3 Å². The van der Waals surface area contributed by atoms with Gasteiger partial charge in [-0.3, -0.25) is 4.79 Å². The Morgan fingerprint density at radius 2 is 2.05 bits per heavy atom. The molecule has 2 aromatic rings. The molecule has 94 valence electrons. The van der Waals surface area contributed by atoms with E-state index in [0.717, 1.165) is 11.3 Å². The van der Waals surface area contributed by atoms with Crippen LogP contribution >= 0.6 is 11.3 Å². The average molecular weight is 269 g/mol. The number of allylic oxidation sites excluding steroid dienone is 1. The van der Waals surface area contributed by atoms with Gasteiger partial charge in [0.15, 0.2) is 0 Å². The van der Waals surface area contributed by atoms with Crippen molar-refractivity contribution >= 4 is 23.2 Å². The lowest BCUT2D eigenvalue weighted by molar-refractivity contribution is 0.104. The van der Waals surface area contributed by atoms with E-state index in [1.165, 1.54) is 11.3 Å². The van der Waals surface area contributed by atoms with Gasteiger partial charge in [-0.2, -0.15) is 16.6 Å². The number of hydrogen-bond acceptors (Lipinski definition) is 4. The molecule has 0 bridgehead atoms. The largest absolute Gasteiger partial charge is 0.497 e. The van der Waals surface area contributed by atoms with E-state index in [2.05, 4.69) is 0 Å². The smallest absolute Gasteiger partial charge is 0.204 e. The van der Waals surface area contributed by atoms with E-state index in [-0.39, 0.29) is 11.4 Å². The molecule has 0 saturated carbocycles. The van der Waals surface area contributed by atoms with Crippen molar-refractivity contribution in [2.75, 3.05) is 7.11 Å². The molecule has 0 aliphatic rings. The van der Waals surface area contributed by atoms with Crippen LogP contribution in [0.25, 0.3) is 6.08 Å². The second-order valence-electron chi connectivity index (χ2n) is 3.78. The number of ketones is 1. The quantitative estimate of drug-likeness (QED) is 0.484. The van der Waals surface area contributed by atoms with Crippen molar-refractivity contribution in [3.05, 3.63) is 57.8 Å². The number of methoxy groups -OCH3 is 1. The molecule has 0 aliphatic heterocycles. The SMILES string of the molecule is COc1ccc(/C=C(\C#N)C(=O)c2ccsc2)cc1. The summed E-state index contributed by atoms with van der Waals surface area (Å²) in [5, 5.41) is 12.6. The molecule has 2 rings (SSSR count). The Labute approximate surface area is 115 Å². The van der Waals surface area contributed by atoms with E-state index in [0.29, 0.717) is 5.56 Å². The zero-order valence-corrected chi connectivity index (χ0v) is 11.1. The first-order valence-electron chi connectivity index (χ1n) is 5.57. The zero-order chi connectivity index (χ0) is 13.7. The van der Waals surface area contributed by atoms with Gasteiger partial charge in [-0.15, -0.1) is 0 Å². The highest BCUT2D eigenvalue weighted by molar-refractivity contribution is 7.08. The van der Waals surface area contributed by atoms with Gasteiger partial charge in [-0.25, -0.2) is 0 Å². The standard InChI is InChI=1S/C15H11NO2S/c1-18-14-4-2-11(3-5-14)8-13(9-16)15(17)12-6-7-19-10-12/h2-8,10H,1H3/b13-8+. The number of hydrogen-bond donors (Lipinski definition) is 0. The van der Waals surface area contributed by atoms with Gasteiger partial charge < -0.3 is 4.74 Å². The number of ether oxygens (including phenoxy) is 1. The Morgan fingerprint density at radius 3 is 2.58 bits per heavy atom. The number of nitriles is 1. The Morgan fingerprint density at radius 1 is 1.32 bits per heavy atom. The molecule has 19 heavy (non-hydrogen) atoms. The molecule has 0 amide bonds. The van der Waals surface area contributed by atoms with E-state index >= 15 is 0 Å². The molecular formula is C15H11NO2S. The minimum atomic E-state index is -0.250. The van der Waals surface area contributed by atoms with Crippen LogP contribution in [0.5, 0.6) is 5.75 Å². The van der Waals surface area contributed by atoms with E-state index in [4.69, 9.17) is 10.00 Å². The molecule has 0 saturated heterocycles. The van der Waals surface area contributed by atoms with Crippen molar-refractivity contribution in [3.63, 3.8) is 0 Å². The fraction of sp³-hybridized carbons (Fsp3) is 0.0667. The third-order valence-corrected chi connectivity index (χ3v) is 3.26. The van der Waals surface area contributed by atoms with Crippen LogP contribution in [0.15, 0.2) is 46.7 Å². The van der Waals surface area contributed by atoms with Crippen molar-refractivity contribution in [1.82, 2.24) is 0 Å². The first kappa shape index (κ1) is 13.1. The van der Waals surface area contributed by atoms with Crippen LogP contribution in [-0.4, -0.2) is 12.9 Å². The second-order valence-corrected chi connectivity index (χ2v) is 4.56. The number of nitrogens with zero attached hydrogens (tertiary/aromatic N) is 1. The third kappa shape index (κ3) is 3.09.